The Hall–Kier alpha value is -3.30. The largest absolute Gasteiger partial charge is 0.494 e. The van der Waals surface area contributed by atoms with E-state index in [4.69, 9.17) is 14.2 Å². The average molecular weight is 531 g/mol. The fourth-order valence-corrected chi connectivity index (χ4v) is 3.92. The van der Waals surface area contributed by atoms with Gasteiger partial charge in [-0.2, -0.15) is 0 Å². The average Bonchev–Trinajstić information content (AvgIpc) is 2.88. The highest BCUT2D eigenvalue weighted by Gasteiger charge is 2.06. The second-order valence-electron chi connectivity index (χ2n) is 7.11. The third-order valence-corrected chi connectivity index (χ3v) is 6.18. The molecule has 0 aliphatic rings. The first-order chi connectivity index (χ1) is 17.4. The number of hydrogen-bond acceptors (Lipinski definition) is 8. The SMILES string of the molecule is C=CC(=O)OCCOc1ccc(SC(=O)/C=C/c2ccc(OCCCCSC(=O)C(=C)F)cc2)cc1. The van der Waals surface area contributed by atoms with Gasteiger partial charge in [-0.05, 0) is 72.6 Å². The molecule has 0 N–H and O–H groups in total. The van der Waals surface area contributed by atoms with Gasteiger partial charge in [0.1, 0.15) is 24.7 Å². The summed E-state index contributed by atoms with van der Waals surface area (Å²) in [5.74, 6) is 0.413. The molecule has 0 unspecified atom stereocenters. The lowest BCUT2D eigenvalue weighted by molar-refractivity contribution is -0.138. The Labute approximate surface area is 218 Å². The molecule has 9 heteroatoms. The first-order valence-electron chi connectivity index (χ1n) is 11.0. The number of carbonyl (C=O) groups is 3. The summed E-state index contributed by atoms with van der Waals surface area (Å²) in [6.07, 6.45) is 5.80. The van der Waals surface area contributed by atoms with Crippen molar-refractivity contribution < 1.29 is 33.0 Å². The smallest absolute Gasteiger partial charge is 0.330 e. The standard InChI is InChI=1S/C27H27FO6S2/c1-3-25(29)34-18-17-33-23-11-13-24(14-12-23)36-26(30)15-8-21-6-9-22(10-7-21)32-16-4-5-19-35-27(31)20(2)28/h3,6-15H,1-2,4-5,16-19H2/b15-8+. The Morgan fingerprint density at radius 3 is 2.17 bits per heavy atom. The van der Waals surface area contributed by atoms with Gasteiger partial charge in [-0.25, -0.2) is 9.18 Å². The zero-order valence-electron chi connectivity index (χ0n) is 19.7. The molecule has 0 aromatic heterocycles. The van der Waals surface area contributed by atoms with Crippen molar-refractivity contribution in [3.8, 4) is 11.5 Å². The Morgan fingerprint density at radius 2 is 1.53 bits per heavy atom. The number of ether oxygens (including phenoxy) is 3. The van der Waals surface area contributed by atoms with Crippen molar-refractivity contribution >= 4 is 45.8 Å². The molecule has 0 bridgehead atoms. The third kappa shape index (κ3) is 11.9. The van der Waals surface area contributed by atoms with Crippen LogP contribution in [-0.4, -0.2) is 41.8 Å². The van der Waals surface area contributed by atoms with Crippen molar-refractivity contribution in [1.82, 2.24) is 0 Å². The fourth-order valence-electron chi connectivity index (χ4n) is 2.59. The molecule has 190 valence electrons. The topological polar surface area (TPSA) is 78.9 Å². The van der Waals surface area contributed by atoms with Crippen LogP contribution >= 0.6 is 23.5 Å². The molecule has 2 rings (SSSR count). The van der Waals surface area contributed by atoms with Crippen molar-refractivity contribution in [3.05, 3.63) is 85.2 Å². The quantitative estimate of drug-likeness (QED) is 0.120. The highest BCUT2D eigenvalue weighted by molar-refractivity contribution is 8.14. The Morgan fingerprint density at radius 1 is 0.889 bits per heavy atom. The van der Waals surface area contributed by atoms with Gasteiger partial charge in [-0.1, -0.05) is 43.1 Å². The van der Waals surface area contributed by atoms with E-state index in [1.54, 1.807) is 30.3 Å². The maximum Gasteiger partial charge on any atom is 0.330 e. The summed E-state index contributed by atoms with van der Waals surface area (Å²) in [7, 11) is 0. The lowest BCUT2D eigenvalue weighted by atomic mass is 10.2. The van der Waals surface area contributed by atoms with Gasteiger partial charge in [-0.3, -0.25) is 9.59 Å². The molecule has 0 saturated heterocycles. The predicted octanol–water partition coefficient (Wildman–Crippen LogP) is 6.03. The number of rotatable bonds is 15. The van der Waals surface area contributed by atoms with Crippen LogP contribution < -0.4 is 9.47 Å². The van der Waals surface area contributed by atoms with Gasteiger partial charge in [0.15, 0.2) is 5.83 Å². The Kier molecular flexibility index (Phi) is 13.2. The molecule has 2 aromatic carbocycles. The molecule has 0 saturated carbocycles. The van der Waals surface area contributed by atoms with Crippen LogP contribution in [0.25, 0.3) is 6.08 Å². The molecule has 0 aliphatic heterocycles. The van der Waals surface area contributed by atoms with Crippen molar-refractivity contribution in [2.24, 2.45) is 0 Å². The number of halogens is 1. The van der Waals surface area contributed by atoms with Crippen molar-refractivity contribution in [1.29, 1.82) is 0 Å². The first-order valence-corrected chi connectivity index (χ1v) is 12.8. The minimum Gasteiger partial charge on any atom is -0.494 e. The summed E-state index contributed by atoms with van der Waals surface area (Å²) in [5.41, 5.74) is 0.860. The molecule has 6 nitrogen and oxygen atoms in total. The number of benzene rings is 2. The molecule has 0 heterocycles. The molecule has 0 aliphatic carbocycles. The number of unbranched alkanes of at least 4 members (excludes halogenated alkanes) is 1. The molecular formula is C27H27FO6S2. The third-order valence-electron chi connectivity index (χ3n) is 4.36. The lowest BCUT2D eigenvalue weighted by Gasteiger charge is -2.07. The highest BCUT2D eigenvalue weighted by Crippen LogP contribution is 2.23. The van der Waals surface area contributed by atoms with Crippen LogP contribution in [-0.2, 0) is 19.1 Å². The van der Waals surface area contributed by atoms with Gasteiger partial charge >= 0.3 is 5.97 Å². The van der Waals surface area contributed by atoms with Crippen LogP contribution in [0.1, 0.15) is 18.4 Å². The van der Waals surface area contributed by atoms with Gasteiger partial charge in [0.25, 0.3) is 0 Å². The first kappa shape index (κ1) is 28.9. The lowest BCUT2D eigenvalue weighted by Crippen LogP contribution is -2.10. The van der Waals surface area contributed by atoms with E-state index >= 15 is 0 Å². The minimum absolute atomic E-state index is 0.118. The number of esters is 1. The molecule has 36 heavy (non-hydrogen) atoms. The summed E-state index contributed by atoms with van der Waals surface area (Å²) in [6, 6.07) is 14.4. The summed E-state index contributed by atoms with van der Waals surface area (Å²) >= 11 is 2.01. The number of thioether (sulfide) groups is 2. The van der Waals surface area contributed by atoms with E-state index in [-0.39, 0.29) is 18.3 Å². The maximum absolute atomic E-state index is 12.6. The van der Waals surface area contributed by atoms with E-state index in [1.165, 1.54) is 6.08 Å². The van der Waals surface area contributed by atoms with E-state index in [2.05, 4.69) is 13.2 Å². The zero-order chi connectivity index (χ0) is 26.2. The van der Waals surface area contributed by atoms with Gasteiger partial charge < -0.3 is 14.2 Å². The Bertz CT molecular complexity index is 1060. The van der Waals surface area contributed by atoms with Crippen molar-refractivity contribution in [3.63, 3.8) is 0 Å². The number of carbonyl (C=O) groups excluding carboxylic acids is 3. The highest BCUT2D eigenvalue weighted by atomic mass is 32.2. The van der Waals surface area contributed by atoms with Gasteiger partial charge in [-0.15, -0.1) is 0 Å². The van der Waals surface area contributed by atoms with Crippen LogP contribution in [0.2, 0.25) is 0 Å². The van der Waals surface area contributed by atoms with E-state index in [0.29, 0.717) is 23.9 Å². The van der Waals surface area contributed by atoms with Gasteiger partial charge in [0.05, 0.1) is 6.61 Å². The normalized spacial score (nSPS) is 10.6. The molecule has 0 spiro atoms. The van der Waals surface area contributed by atoms with E-state index < -0.39 is 16.9 Å². The molecule has 0 atom stereocenters. The van der Waals surface area contributed by atoms with Crippen LogP contribution in [0.4, 0.5) is 4.39 Å². The van der Waals surface area contributed by atoms with E-state index in [0.717, 1.165) is 52.9 Å². The number of hydrogen-bond donors (Lipinski definition) is 0. The van der Waals surface area contributed by atoms with E-state index in [1.807, 2.05) is 24.3 Å². The van der Waals surface area contributed by atoms with Crippen LogP contribution in [0.3, 0.4) is 0 Å². The predicted molar refractivity (Wildman–Crippen MR) is 142 cm³/mol. The maximum atomic E-state index is 12.6. The molecular weight excluding hydrogens is 503 g/mol. The molecule has 0 fully saturated rings. The van der Waals surface area contributed by atoms with Crippen LogP contribution in [0, 0.1) is 0 Å². The second-order valence-corrected chi connectivity index (χ2v) is 9.26. The monoisotopic (exact) mass is 530 g/mol. The Balaban J connectivity index is 1.67. The molecule has 0 radical (unpaired) electrons. The summed E-state index contributed by atoms with van der Waals surface area (Å²) < 4.78 is 28.5. The minimum atomic E-state index is -0.923. The van der Waals surface area contributed by atoms with Crippen LogP contribution in [0.15, 0.2) is 84.6 Å². The summed E-state index contributed by atoms with van der Waals surface area (Å²) in [5, 5.41) is -0.741. The zero-order valence-corrected chi connectivity index (χ0v) is 21.3. The second kappa shape index (κ2) is 16.4. The van der Waals surface area contributed by atoms with Gasteiger partial charge in [0, 0.05) is 16.7 Å². The summed E-state index contributed by atoms with van der Waals surface area (Å²) in [4.78, 5) is 35.1. The molecule has 0 amide bonds. The van der Waals surface area contributed by atoms with Crippen LogP contribution in [0.5, 0.6) is 11.5 Å². The van der Waals surface area contributed by atoms with Crippen molar-refractivity contribution in [2.75, 3.05) is 25.6 Å². The van der Waals surface area contributed by atoms with E-state index in [9.17, 15) is 18.8 Å². The van der Waals surface area contributed by atoms with Gasteiger partial charge in [0.2, 0.25) is 10.2 Å². The summed E-state index contributed by atoms with van der Waals surface area (Å²) in [6.45, 7) is 7.12. The van der Waals surface area contributed by atoms with Crippen molar-refractivity contribution in [2.45, 2.75) is 17.7 Å². The molecule has 2 aromatic rings. The fraction of sp³-hybridized carbons (Fsp3) is 0.222.